The van der Waals surface area contributed by atoms with Crippen LogP contribution in [0.5, 0.6) is 0 Å². The topological polar surface area (TPSA) is 220 Å². The number of hydrogen-bond donors (Lipinski definition) is 0. The number of esters is 4. The van der Waals surface area contributed by atoms with E-state index in [0.717, 1.165) is 63.5 Å². The van der Waals surface area contributed by atoms with Gasteiger partial charge in [0.1, 0.15) is 20.2 Å². The van der Waals surface area contributed by atoms with E-state index in [2.05, 4.69) is 39.8 Å². The predicted molar refractivity (Wildman–Crippen MR) is 341 cm³/mol. The standard InChI is InChI=1S/2C34H54O7S.Ca/c2*1-3-5-7-9-11-13-15-17-19-21-23-28-40-33(35)30-26-25-27-31(42(37,38)39)32(30)34(36)41-29-24-22-20-18-16-14-12-10-8-6-4-2;/h2*19-22,25-27H,3-18,23-24,28-29H2,1-2H3,(H,37,38,39);/q;;+2/p-2/b2*21-19+,22-20+;. The van der Waals surface area contributed by atoms with Crippen LogP contribution in [-0.2, 0) is 39.2 Å². The van der Waals surface area contributed by atoms with Gasteiger partial charge in [-0.15, -0.1) is 0 Å². The van der Waals surface area contributed by atoms with Crippen LogP contribution >= 0.6 is 0 Å². The second-order valence-corrected chi connectivity index (χ2v) is 24.2. The zero-order chi connectivity index (χ0) is 61.8. The second-order valence-electron chi connectivity index (χ2n) is 21.5. The second kappa shape index (κ2) is 54.5. The predicted octanol–water partition coefficient (Wildman–Crippen LogP) is 17.8. The third-order valence-corrected chi connectivity index (χ3v) is 15.8. The molecule has 0 amide bonds. The van der Waals surface area contributed by atoms with E-state index in [-0.39, 0.29) is 75.3 Å². The van der Waals surface area contributed by atoms with Crippen LogP contribution in [-0.4, -0.2) is 114 Å². The SMILES string of the molecule is CCCCCCCCC/C=C/CCOC(=O)c1cccc(S(=O)(=O)[O-])c1C(=O)OCC/C=C/CCCCCCCCC.CCCCCCCCC/C=C/CCOC(=O)c1cccc(S(=O)(=O)[O-])c1C(=O)OCC/C=C/CCCCCCCCC.[Ca+2]. The first-order chi connectivity index (χ1) is 40.6. The maximum atomic E-state index is 12.8. The summed E-state index contributed by atoms with van der Waals surface area (Å²) in [6.07, 6.45) is 56.4. The zero-order valence-electron chi connectivity index (χ0n) is 52.6. The molecule has 14 nitrogen and oxygen atoms in total. The van der Waals surface area contributed by atoms with Gasteiger partial charge in [0.2, 0.25) is 0 Å². The molecule has 0 fully saturated rings. The number of carbonyl (C=O) groups excluding carboxylic acids is 4. The van der Waals surface area contributed by atoms with Gasteiger partial charge in [0, 0.05) is 0 Å². The van der Waals surface area contributed by atoms with Crippen LogP contribution in [0.3, 0.4) is 0 Å². The summed E-state index contributed by atoms with van der Waals surface area (Å²) in [6.45, 7) is 8.97. The van der Waals surface area contributed by atoms with Crippen LogP contribution in [0, 0.1) is 0 Å². The third-order valence-electron chi connectivity index (χ3n) is 14.1. The summed E-state index contributed by atoms with van der Waals surface area (Å²) in [5, 5.41) is 0. The van der Waals surface area contributed by atoms with Crippen molar-refractivity contribution in [1.29, 1.82) is 0 Å². The first-order valence-corrected chi connectivity index (χ1v) is 34.9. The summed E-state index contributed by atoms with van der Waals surface area (Å²) < 4.78 is 92.1. The number of allylic oxidation sites excluding steroid dienone is 4. The van der Waals surface area contributed by atoms with E-state index in [0.29, 0.717) is 25.7 Å². The molecule has 0 aliphatic rings. The van der Waals surface area contributed by atoms with Crippen molar-refractivity contribution in [3.8, 4) is 0 Å². The summed E-state index contributed by atoms with van der Waals surface area (Å²) in [4.78, 5) is 49.6. The van der Waals surface area contributed by atoms with Gasteiger partial charge in [0.15, 0.2) is 0 Å². The quantitative estimate of drug-likeness (QED) is 0.0150. The first kappa shape index (κ1) is 81.4. The molecule has 0 aromatic heterocycles. The summed E-state index contributed by atoms with van der Waals surface area (Å²) in [5.41, 5.74) is -1.73. The molecule has 2 aromatic carbocycles. The van der Waals surface area contributed by atoms with Gasteiger partial charge in [0.25, 0.3) is 0 Å². The molecule has 0 saturated heterocycles. The largest absolute Gasteiger partial charge is 2.00 e. The Bertz CT molecular complexity index is 2260. The molecular weight excluding hydrogens is 1140 g/mol. The first-order valence-electron chi connectivity index (χ1n) is 32.1. The molecule has 0 aliphatic heterocycles. The van der Waals surface area contributed by atoms with Crippen molar-refractivity contribution in [1.82, 2.24) is 0 Å². The molecule has 0 saturated carbocycles. The van der Waals surface area contributed by atoms with Crippen molar-refractivity contribution in [2.45, 2.75) is 269 Å². The van der Waals surface area contributed by atoms with E-state index < -0.39 is 65.0 Å². The maximum absolute atomic E-state index is 12.8. The molecule has 2 rings (SSSR count). The van der Waals surface area contributed by atoms with Crippen LogP contribution in [0.15, 0.2) is 94.8 Å². The van der Waals surface area contributed by atoms with E-state index >= 15 is 0 Å². The van der Waals surface area contributed by atoms with E-state index in [1.807, 2.05) is 36.5 Å². The number of ether oxygens (including phenoxy) is 4. The minimum atomic E-state index is -5.02. The normalized spacial score (nSPS) is 11.7. The van der Waals surface area contributed by atoms with Gasteiger partial charge in [-0.1, -0.05) is 243 Å². The van der Waals surface area contributed by atoms with Crippen molar-refractivity contribution >= 4 is 81.9 Å². The van der Waals surface area contributed by atoms with Crippen molar-refractivity contribution in [3.05, 3.63) is 107 Å². The van der Waals surface area contributed by atoms with E-state index in [1.165, 1.54) is 178 Å². The monoisotopic (exact) mass is 1250 g/mol. The Balaban J connectivity index is 0.00000164. The Hall–Kier alpha value is -3.64. The Kier molecular flexibility index (Phi) is 52.2. The molecule has 2 aromatic rings. The molecule has 0 radical (unpaired) electrons. The van der Waals surface area contributed by atoms with Crippen molar-refractivity contribution in [2.24, 2.45) is 0 Å². The van der Waals surface area contributed by atoms with Gasteiger partial charge in [-0.05, 0) is 101 Å². The fraction of sp³-hybridized carbons (Fsp3) is 0.647. The molecule has 85 heavy (non-hydrogen) atoms. The molecule has 0 heterocycles. The molecule has 0 atom stereocenters. The Morgan fingerprint density at radius 2 is 0.541 bits per heavy atom. The average Bonchev–Trinajstić information content (AvgIpc) is 3.62. The number of rotatable bonds is 50. The van der Waals surface area contributed by atoms with E-state index in [1.54, 1.807) is 0 Å². The van der Waals surface area contributed by atoms with Gasteiger partial charge in [-0.25, -0.2) is 36.0 Å². The average molecular weight is 1250 g/mol. The van der Waals surface area contributed by atoms with Gasteiger partial charge in [-0.3, -0.25) is 0 Å². The van der Waals surface area contributed by atoms with Crippen molar-refractivity contribution in [3.63, 3.8) is 0 Å². The third kappa shape index (κ3) is 42.0. The minimum absolute atomic E-state index is 0. The molecule has 0 spiro atoms. The minimum Gasteiger partial charge on any atom is -0.744 e. The van der Waals surface area contributed by atoms with Crippen molar-refractivity contribution < 1.29 is 64.1 Å². The van der Waals surface area contributed by atoms with E-state index in [9.17, 15) is 45.1 Å². The van der Waals surface area contributed by atoms with Crippen LogP contribution in [0.1, 0.15) is 300 Å². The molecule has 0 N–H and O–H groups in total. The van der Waals surface area contributed by atoms with Crippen LogP contribution in [0.25, 0.3) is 0 Å². The fourth-order valence-electron chi connectivity index (χ4n) is 9.24. The summed E-state index contributed by atoms with van der Waals surface area (Å²) in [5.74, 6) is -3.82. The smallest absolute Gasteiger partial charge is 0.744 e. The molecule has 0 aliphatic carbocycles. The van der Waals surface area contributed by atoms with Gasteiger partial charge in [-0.2, -0.15) is 0 Å². The fourth-order valence-corrected chi connectivity index (χ4v) is 10.6. The van der Waals surface area contributed by atoms with Crippen LogP contribution in [0.2, 0.25) is 0 Å². The molecule has 17 heteroatoms. The Labute approximate surface area is 544 Å². The Morgan fingerprint density at radius 1 is 0.329 bits per heavy atom. The summed E-state index contributed by atoms with van der Waals surface area (Å²) >= 11 is 0. The Morgan fingerprint density at radius 3 is 0.776 bits per heavy atom. The van der Waals surface area contributed by atoms with Gasteiger partial charge >= 0.3 is 61.6 Å². The summed E-state index contributed by atoms with van der Waals surface area (Å²) in [6, 6.07) is 7.03. The number of benzene rings is 2. The molecular formula is C68H106CaO14S2. The summed E-state index contributed by atoms with van der Waals surface area (Å²) in [7, 11) is -10.0. The van der Waals surface area contributed by atoms with Crippen LogP contribution < -0.4 is 0 Å². The van der Waals surface area contributed by atoms with E-state index in [4.69, 9.17) is 18.9 Å². The number of carbonyl (C=O) groups is 4. The number of hydrogen-bond acceptors (Lipinski definition) is 14. The molecule has 0 unspecified atom stereocenters. The zero-order valence-corrected chi connectivity index (χ0v) is 56.4. The number of unbranched alkanes of at least 4 members (excludes halogenated alkanes) is 28. The van der Waals surface area contributed by atoms with Crippen molar-refractivity contribution in [2.75, 3.05) is 26.4 Å². The van der Waals surface area contributed by atoms with Crippen LogP contribution in [0.4, 0.5) is 0 Å². The molecule has 0 bridgehead atoms. The maximum Gasteiger partial charge on any atom is 2.00 e. The van der Waals surface area contributed by atoms with Gasteiger partial charge in [0.05, 0.1) is 58.5 Å². The van der Waals surface area contributed by atoms with Gasteiger partial charge < -0.3 is 28.1 Å². The molecule has 476 valence electrons.